The van der Waals surface area contributed by atoms with Crippen molar-refractivity contribution in [2.24, 2.45) is 0 Å². The van der Waals surface area contributed by atoms with Gasteiger partial charge in [0.15, 0.2) is 11.5 Å². The molecule has 0 bridgehead atoms. The van der Waals surface area contributed by atoms with Gasteiger partial charge in [-0.3, -0.25) is 4.79 Å². The predicted octanol–water partition coefficient (Wildman–Crippen LogP) is 4.05. The molecule has 2 N–H and O–H groups in total. The normalized spacial score (nSPS) is 13.9. The number of hydrogen-bond acceptors (Lipinski definition) is 4. The van der Waals surface area contributed by atoms with Gasteiger partial charge in [0.2, 0.25) is 5.91 Å². The highest BCUT2D eigenvalue weighted by atomic mass is 16.6. The van der Waals surface area contributed by atoms with E-state index in [0.29, 0.717) is 19.0 Å². The van der Waals surface area contributed by atoms with Gasteiger partial charge in [0.1, 0.15) is 19.3 Å². The van der Waals surface area contributed by atoms with Crippen LogP contribution in [0.25, 0.3) is 10.8 Å². The van der Waals surface area contributed by atoms with E-state index in [-0.39, 0.29) is 5.91 Å². The molecule has 1 amide bonds. The van der Waals surface area contributed by atoms with Crippen LogP contribution < -0.4 is 20.1 Å². The summed E-state index contributed by atoms with van der Waals surface area (Å²) in [4.78, 5) is 12.6. The van der Waals surface area contributed by atoms with Crippen molar-refractivity contribution in [3.8, 4) is 11.5 Å². The zero-order valence-corrected chi connectivity index (χ0v) is 14.5. The molecule has 1 aliphatic heterocycles. The molecule has 0 saturated heterocycles. The third-order valence-electron chi connectivity index (χ3n) is 4.37. The summed E-state index contributed by atoms with van der Waals surface area (Å²) in [5.41, 5.74) is 1.62. The molecule has 0 aliphatic carbocycles. The van der Waals surface area contributed by atoms with E-state index < -0.39 is 6.04 Å². The van der Waals surface area contributed by atoms with Crippen molar-refractivity contribution < 1.29 is 14.3 Å². The lowest BCUT2D eigenvalue weighted by atomic mass is 10.1. The SMILES string of the molecule is CC(Nc1ccc2c(c1)OCCO2)C(=O)Nc1cccc2ccccc12. The van der Waals surface area contributed by atoms with Gasteiger partial charge >= 0.3 is 0 Å². The van der Waals surface area contributed by atoms with Gasteiger partial charge in [-0.2, -0.15) is 0 Å². The molecule has 0 radical (unpaired) electrons. The van der Waals surface area contributed by atoms with Crippen LogP contribution in [0.2, 0.25) is 0 Å². The van der Waals surface area contributed by atoms with E-state index >= 15 is 0 Å². The molecule has 0 fully saturated rings. The lowest BCUT2D eigenvalue weighted by molar-refractivity contribution is -0.116. The van der Waals surface area contributed by atoms with E-state index in [1.54, 1.807) is 0 Å². The molecule has 26 heavy (non-hydrogen) atoms. The van der Waals surface area contributed by atoms with Crippen LogP contribution in [0.3, 0.4) is 0 Å². The molecular formula is C21H20N2O3. The fourth-order valence-corrected chi connectivity index (χ4v) is 3.02. The van der Waals surface area contributed by atoms with Gasteiger partial charge in [-0.05, 0) is 30.5 Å². The zero-order chi connectivity index (χ0) is 17.9. The van der Waals surface area contributed by atoms with Crippen LogP contribution in [0.4, 0.5) is 11.4 Å². The minimum absolute atomic E-state index is 0.101. The maximum absolute atomic E-state index is 12.6. The summed E-state index contributed by atoms with van der Waals surface area (Å²) >= 11 is 0. The Morgan fingerprint density at radius 3 is 2.62 bits per heavy atom. The van der Waals surface area contributed by atoms with Crippen molar-refractivity contribution in [2.75, 3.05) is 23.8 Å². The van der Waals surface area contributed by atoms with Gasteiger partial charge in [0, 0.05) is 22.8 Å². The predicted molar refractivity (Wildman–Crippen MR) is 103 cm³/mol. The molecule has 1 heterocycles. The second kappa shape index (κ2) is 6.96. The average Bonchev–Trinajstić information content (AvgIpc) is 2.68. The summed E-state index contributed by atoms with van der Waals surface area (Å²) in [6, 6.07) is 19.1. The summed E-state index contributed by atoms with van der Waals surface area (Å²) < 4.78 is 11.1. The Kier molecular flexibility index (Phi) is 4.35. The zero-order valence-electron chi connectivity index (χ0n) is 14.5. The Morgan fingerprint density at radius 1 is 0.962 bits per heavy atom. The van der Waals surface area contributed by atoms with E-state index in [2.05, 4.69) is 10.6 Å². The van der Waals surface area contributed by atoms with Crippen LogP contribution in [-0.4, -0.2) is 25.2 Å². The Morgan fingerprint density at radius 2 is 1.73 bits per heavy atom. The largest absolute Gasteiger partial charge is 0.486 e. The molecule has 0 aromatic heterocycles. The highest BCUT2D eigenvalue weighted by Gasteiger charge is 2.16. The number of nitrogens with one attached hydrogen (secondary N) is 2. The van der Waals surface area contributed by atoms with Crippen molar-refractivity contribution in [2.45, 2.75) is 13.0 Å². The second-order valence-corrected chi connectivity index (χ2v) is 6.24. The number of anilines is 2. The highest BCUT2D eigenvalue weighted by Crippen LogP contribution is 2.32. The molecule has 132 valence electrons. The van der Waals surface area contributed by atoms with Gasteiger partial charge in [-0.1, -0.05) is 36.4 Å². The Bertz CT molecular complexity index is 950. The minimum atomic E-state index is -0.406. The molecule has 1 aliphatic rings. The molecule has 3 aromatic carbocycles. The molecule has 1 atom stereocenters. The number of rotatable bonds is 4. The topological polar surface area (TPSA) is 59.6 Å². The van der Waals surface area contributed by atoms with E-state index in [1.807, 2.05) is 67.6 Å². The van der Waals surface area contributed by atoms with E-state index in [0.717, 1.165) is 27.9 Å². The van der Waals surface area contributed by atoms with Gasteiger partial charge < -0.3 is 20.1 Å². The van der Waals surface area contributed by atoms with Crippen molar-refractivity contribution >= 4 is 28.1 Å². The molecule has 0 spiro atoms. The summed E-state index contributed by atoms with van der Waals surface area (Å²) in [7, 11) is 0. The number of benzene rings is 3. The summed E-state index contributed by atoms with van der Waals surface area (Å²) in [5, 5.41) is 8.34. The van der Waals surface area contributed by atoms with E-state index in [1.165, 1.54) is 0 Å². The summed E-state index contributed by atoms with van der Waals surface area (Å²) in [5.74, 6) is 1.33. The smallest absolute Gasteiger partial charge is 0.246 e. The fraction of sp³-hybridized carbons (Fsp3) is 0.190. The van der Waals surface area contributed by atoms with Crippen LogP contribution >= 0.6 is 0 Å². The highest BCUT2D eigenvalue weighted by molar-refractivity contribution is 6.04. The number of amides is 1. The maximum atomic E-state index is 12.6. The maximum Gasteiger partial charge on any atom is 0.246 e. The number of ether oxygens (including phenoxy) is 2. The van der Waals surface area contributed by atoms with E-state index in [4.69, 9.17) is 9.47 Å². The average molecular weight is 348 g/mol. The third kappa shape index (κ3) is 3.28. The molecule has 1 unspecified atom stereocenters. The quantitative estimate of drug-likeness (QED) is 0.747. The number of carbonyl (C=O) groups excluding carboxylic acids is 1. The van der Waals surface area contributed by atoms with Crippen LogP contribution in [0.5, 0.6) is 11.5 Å². The number of hydrogen-bond donors (Lipinski definition) is 2. The first-order valence-corrected chi connectivity index (χ1v) is 8.65. The van der Waals surface area contributed by atoms with Crippen molar-refractivity contribution in [1.29, 1.82) is 0 Å². The van der Waals surface area contributed by atoms with Crippen molar-refractivity contribution in [3.63, 3.8) is 0 Å². The first-order valence-electron chi connectivity index (χ1n) is 8.65. The van der Waals surface area contributed by atoms with Crippen LogP contribution in [0.15, 0.2) is 60.7 Å². The molecule has 0 saturated carbocycles. The van der Waals surface area contributed by atoms with E-state index in [9.17, 15) is 4.79 Å². The fourth-order valence-electron chi connectivity index (χ4n) is 3.02. The Hall–Kier alpha value is -3.21. The Balaban J connectivity index is 1.48. The van der Waals surface area contributed by atoms with Gasteiger partial charge in [-0.15, -0.1) is 0 Å². The lowest BCUT2D eigenvalue weighted by Crippen LogP contribution is -2.32. The van der Waals surface area contributed by atoms with Crippen molar-refractivity contribution in [1.82, 2.24) is 0 Å². The lowest BCUT2D eigenvalue weighted by Gasteiger charge is -2.21. The van der Waals surface area contributed by atoms with Gasteiger partial charge in [0.05, 0.1) is 0 Å². The molecule has 5 heteroatoms. The van der Waals surface area contributed by atoms with Gasteiger partial charge in [-0.25, -0.2) is 0 Å². The third-order valence-corrected chi connectivity index (χ3v) is 4.37. The standard InChI is InChI=1S/C21H20N2O3/c1-14(22-16-9-10-19-20(13-16)26-12-11-25-19)21(24)23-18-8-4-6-15-5-2-3-7-17(15)18/h2-10,13-14,22H,11-12H2,1H3,(H,23,24). The molecule has 4 rings (SSSR count). The molecular weight excluding hydrogens is 328 g/mol. The van der Waals surface area contributed by atoms with Crippen molar-refractivity contribution in [3.05, 3.63) is 60.7 Å². The molecule has 3 aromatic rings. The first-order chi connectivity index (χ1) is 12.7. The Labute approximate surface area is 151 Å². The molecule has 5 nitrogen and oxygen atoms in total. The summed E-state index contributed by atoms with van der Waals surface area (Å²) in [6.07, 6.45) is 0. The summed E-state index contributed by atoms with van der Waals surface area (Å²) in [6.45, 7) is 2.93. The van der Waals surface area contributed by atoms with Crippen LogP contribution in [0.1, 0.15) is 6.92 Å². The number of carbonyl (C=O) groups is 1. The minimum Gasteiger partial charge on any atom is -0.486 e. The second-order valence-electron chi connectivity index (χ2n) is 6.24. The first kappa shape index (κ1) is 16.3. The monoisotopic (exact) mass is 348 g/mol. The number of fused-ring (bicyclic) bond motifs is 2. The van der Waals surface area contributed by atoms with Crippen LogP contribution in [-0.2, 0) is 4.79 Å². The van der Waals surface area contributed by atoms with Gasteiger partial charge in [0.25, 0.3) is 0 Å². The van der Waals surface area contributed by atoms with Crippen LogP contribution in [0, 0.1) is 0 Å².